The van der Waals surface area contributed by atoms with E-state index in [1.54, 1.807) is 46.1 Å². The van der Waals surface area contributed by atoms with Crippen molar-refractivity contribution in [1.29, 1.82) is 0 Å². The SMILES string of the molecule is O=S(=O)(c1ccc(-c2cnc3[nH]cc(-c4ccc5ncsc5c4)c3n2)cc1)N1CCCC1. The van der Waals surface area contributed by atoms with E-state index in [2.05, 4.69) is 21.0 Å². The summed E-state index contributed by atoms with van der Waals surface area (Å²) in [6, 6.07) is 13.1. The van der Waals surface area contributed by atoms with Crippen molar-refractivity contribution in [3.63, 3.8) is 0 Å². The van der Waals surface area contributed by atoms with E-state index in [0.29, 0.717) is 29.3 Å². The first kappa shape index (κ1) is 19.5. The predicted molar refractivity (Wildman–Crippen MR) is 126 cm³/mol. The van der Waals surface area contributed by atoms with Crippen molar-refractivity contribution in [1.82, 2.24) is 24.2 Å². The first-order valence-corrected chi connectivity index (χ1v) is 12.7. The molecule has 0 spiro atoms. The van der Waals surface area contributed by atoms with E-state index in [4.69, 9.17) is 4.98 Å². The molecule has 0 radical (unpaired) electrons. The van der Waals surface area contributed by atoms with Crippen LogP contribution < -0.4 is 0 Å². The Labute approximate surface area is 188 Å². The molecule has 1 N–H and O–H groups in total. The Kier molecular flexibility index (Phi) is 4.56. The molecular formula is C23H19N5O2S2. The molecule has 5 aromatic rings. The molecule has 0 unspecified atom stereocenters. The molecule has 0 amide bonds. The predicted octanol–water partition coefficient (Wildman–Crippen LogP) is 4.69. The van der Waals surface area contributed by atoms with Crippen molar-refractivity contribution in [2.45, 2.75) is 17.7 Å². The van der Waals surface area contributed by atoms with Crippen molar-refractivity contribution in [2.75, 3.05) is 13.1 Å². The van der Waals surface area contributed by atoms with E-state index in [0.717, 1.165) is 45.3 Å². The minimum absolute atomic E-state index is 0.317. The second kappa shape index (κ2) is 7.47. The molecule has 7 nitrogen and oxygen atoms in total. The Morgan fingerprint density at radius 2 is 1.75 bits per heavy atom. The van der Waals surface area contributed by atoms with Crippen LogP contribution >= 0.6 is 11.3 Å². The monoisotopic (exact) mass is 461 g/mol. The number of H-pyrrole nitrogens is 1. The zero-order chi connectivity index (χ0) is 21.7. The number of rotatable bonds is 4. The third-order valence-corrected chi connectivity index (χ3v) is 8.58. The molecule has 2 aromatic carbocycles. The molecule has 1 aliphatic rings. The molecule has 9 heteroatoms. The third-order valence-electron chi connectivity index (χ3n) is 5.88. The molecule has 0 atom stereocenters. The van der Waals surface area contributed by atoms with Gasteiger partial charge in [0.15, 0.2) is 5.65 Å². The van der Waals surface area contributed by atoms with Gasteiger partial charge in [-0.25, -0.2) is 23.4 Å². The van der Waals surface area contributed by atoms with E-state index < -0.39 is 10.0 Å². The van der Waals surface area contributed by atoms with E-state index >= 15 is 0 Å². The number of sulfonamides is 1. The number of hydrogen-bond donors (Lipinski definition) is 1. The highest BCUT2D eigenvalue weighted by Gasteiger charge is 2.27. The first-order chi connectivity index (χ1) is 15.6. The molecule has 0 bridgehead atoms. The van der Waals surface area contributed by atoms with Gasteiger partial charge in [-0.1, -0.05) is 18.2 Å². The molecular weight excluding hydrogens is 442 g/mol. The lowest BCUT2D eigenvalue weighted by Crippen LogP contribution is -2.27. The van der Waals surface area contributed by atoms with Crippen LogP contribution in [0.4, 0.5) is 0 Å². The van der Waals surface area contributed by atoms with E-state index in [1.807, 2.05) is 23.8 Å². The molecule has 3 aromatic heterocycles. The third kappa shape index (κ3) is 3.21. The van der Waals surface area contributed by atoms with Crippen LogP contribution in [0.15, 0.2) is 65.3 Å². The van der Waals surface area contributed by atoms with Crippen molar-refractivity contribution in [2.24, 2.45) is 0 Å². The minimum atomic E-state index is -3.43. The molecule has 4 heterocycles. The normalized spacial score (nSPS) is 15.1. The molecule has 1 saturated heterocycles. The Morgan fingerprint density at radius 3 is 2.56 bits per heavy atom. The fourth-order valence-corrected chi connectivity index (χ4v) is 6.38. The van der Waals surface area contributed by atoms with Gasteiger partial charge in [-0.15, -0.1) is 11.3 Å². The molecule has 0 aliphatic carbocycles. The highest BCUT2D eigenvalue weighted by Crippen LogP contribution is 2.32. The van der Waals surface area contributed by atoms with Crippen LogP contribution in [0.5, 0.6) is 0 Å². The number of fused-ring (bicyclic) bond motifs is 2. The summed E-state index contributed by atoms with van der Waals surface area (Å²) in [5.74, 6) is 0. The van der Waals surface area contributed by atoms with Crippen molar-refractivity contribution in [3.8, 4) is 22.4 Å². The fourth-order valence-electron chi connectivity index (χ4n) is 4.15. The van der Waals surface area contributed by atoms with Gasteiger partial charge in [-0.05, 0) is 42.7 Å². The van der Waals surface area contributed by atoms with Gasteiger partial charge in [0.2, 0.25) is 10.0 Å². The number of benzene rings is 2. The van der Waals surface area contributed by atoms with E-state index in [9.17, 15) is 8.42 Å². The lowest BCUT2D eigenvalue weighted by Gasteiger charge is -2.15. The number of hydrogen-bond acceptors (Lipinski definition) is 6. The van der Waals surface area contributed by atoms with Gasteiger partial charge in [-0.3, -0.25) is 0 Å². The van der Waals surface area contributed by atoms with Crippen LogP contribution in [0.25, 0.3) is 43.8 Å². The second-order valence-electron chi connectivity index (χ2n) is 7.83. The smallest absolute Gasteiger partial charge is 0.243 e. The maximum absolute atomic E-state index is 12.8. The molecule has 1 aliphatic heterocycles. The average molecular weight is 462 g/mol. The maximum atomic E-state index is 12.8. The zero-order valence-corrected chi connectivity index (χ0v) is 18.7. The quantitative estimate of drug-likeness (QED) is 0.419. The van der Waals surface area contributed by atoms with Gasteiger partial charge in [0, 0.05) is 30.4 Å². The van der Waals surface area contributed by atoms with Crippen LogP contribution in [0.3, 0.4) is 0 Å². The van der Waals surface area contributed by atoms with Crippen LogP contribution in [-0.2, 0) is 10.0 Å². The summed E-state index contributed by atoms with van der Waals surface area (Å²) in [5, 5.41) is 0. The molecule has 6 rings (SSSR count). The standard InChI is InChI=1S/C23H19N5O2S2/c29-32(30,28-9-1-2-10-28)17-6-3-15(4-7-17)20-13-25-23-22(27-20)18(12-24-23)16-5-8-19-21(11-16)31-14-26-19/h3-8,11-14H,1-2,9-10H2,(H,24,25). The summed E-state index contributed by atoms with van der Waals surface area (Å²) >= 11 is 1.61. The van der Waals surface area contributed by atoms with Gasteiger partial charge in [0.1, 0.15) is 5.52 Å². The topological polar surface area (TPSA) is 91.8 Å². The second-order valence-corrected chi connectivity index (χ2v) is 10.6. The van der Waals surface area contributed by atoms with Gasteiger partial charge >= 0.3 is 0 Å². The van der Waals surface area contributed by atoms with Gasteiger partial charge in [0.25, 0.3) is 0 Å². The van der Waals surface area contributed by atoms with E-state index in [1.165, 1.54) is 0 Å². The molecule has 32 heavy (non-hydrogen) atoms. The fraction of sp³-hybridized carbons (Fsp3) is 0.174. The summed E-state index contributed by atoms with van der Waals surface area (Å²) in [5.41, 5.74) is 7.85. The number of aromatic nitrogens is 4. The number of nitrogens with one attached hydrogen (secondary N) is 1. The highest BCUT2D eigenvalue weighted by atomic mass is 32.2. The summed E-state index contributed by atoms with van der Waals surface area (Å²) in [6.45, 7) is 1.19. The number of nitrogens with zero attached hydrogens (tertiary/aromatic N) is 4. The maximum Gasteiger partial charge on any atom is 0.243 e. The molecule has 0 saturated carbocycles. The van der Waals surface area contributed by atoms with Crippen LogP contribution in [0, 0.1) is 0 Å². The van der Waals surface area contributed by atoms with Crippen molar-refractivity contribution >= 4 is 42.7 Å². The highest BCUT2D eigenvalue weighted by molar-refractivity contribution is 7.89. The molecule has 160 valence electrons. The van der Waals surface area contributed by atoms with Crippen LogP contribution in [0.2, 0.25) is 0 Å². The summed E-state index contributed by atoms with van der Waals surface area (Å²) in [6.07, 6.45) is 5.46. The Hall–Kier alpha value is -3.14. The summed E-state index contributed by atoms with van der Waals surface area (Å²) in [4.78, 5) is 17.2. The minimum Gasteiger partial charge on any atom is -0.344 e. The Bertz CT molecular complexity index is 1550. The van der Waals surface area contributed by atoms with Crippen LogP contribution in [-0.4, -0.2) is 45.7 Å². The van der Waals surface area contributed by atoms with Crippen LogP contribution in [0.1, 0.15) is 12.8 Å². The largest absolute Gasteiger partial charge is 0.344 e. The Morgan fingerprint density at radius 1 is 0.969 bits per heavy atom. The average Bonchev–Trinajstić information content (AvgIpc) is 3.59. The summed E-state index contributed by atoms with van der Waals surface area (Å²) in [7, 11) is -3.43. The van der Waals surface area contributed by atoms with Crippen molar-refractivity contribution < 1.29 is 8.42 Å². The number of thiazole rings is 1. The number of aromatic amines is 1. The van der Waals surface area contributed by atoms with Gasteiger partial charge < -0.3 is 4.98 Å². The van der Waals surface area contributed by atoms with Crippen molar-refractivity contribution in [3.05, 3.63) is 60.4 Å². The zero-order valence-electron chi connectivity index (χ0n) is 17.0. The lowest BCUT2D eigenvalue weighted by molar-refractivity contribution is 0.477. The lowest BCUT2D eigenvalue weighted by atomic mass is 10.1. The summed E-state index contributed by atoms with van der Waals surface area (Å²) < 4.78 is 28.3. The Balaban J connectivity index is 1.37. The van der Waals surface area contributed by atoms with Gasteiger partial charge in [0.05, 0.1) is 32.5 Å². The first-order valence-electron chi connectivity index (χ1n) is 10.4. The van der Waals surface area contributed by atoms with Gasteiger partial charge in [-0.2, -0.15) is 4.31 Å². The van der Waals surface area contributed by atoms with E-state index in [-0.39, 0.29) is 0 Å². The molecule has 1 fully saturated rings.